The number of ether oxygens (including phenoxy) is 1. The first-order valence-corrected chi connectivity index (χ1v) is 5.30. The standard InChI is InChI=1S/C10H15NO6/c1-5-2-3-7(17-5)9(14)11-6(10(15)16)4-8(12)13/h5-7H,2-4H2,1H3,(H,11,14)(H,12,13)(H,15,16)/t5?,6-,7?/m1/s1. The van der Waals surface area contributed by atoms with E-state index in [4.69, 9.17) is 14.9 Å². The number of amides is 1. The number of rotatable bonds is 5. The molecule has 3 atom stereocenters. The van der Waals surface area contributed by atoms with Crippen LogP contribution in [0.4, 0.5) is 0 Å². The summed E-state index contributed by atoms with van der Waals surface area (Å²) in [6.45, 7) is 1.82. The molecule has 1 aliphatic rings. The van der Waals surface area contributed by atoms with E-state index in [-0.39, 0.29) is 6.10 Å². The van der Waals surface area contributed by atoms with Crippen LogP contribution in [0, 0.1) is 0 Å². The summed E-state index contributed by atoms with van der Waals surface area (Å²) < 4.78 is 5.26. The molecule has 0 spiro atoms. The monoisotopic (exact) mass is 245 g/mol. The Morgan fingerprint density at radius 1 is 1.35 bits per heavy atom. The van der Waals surface area contributed by atoms with Crippen LogP contribution in [0.5, 0.6) is 0 Å². The molecule has 1 heterocycles. The summed E-state index contributed by atoms with van der Waals surface area (Å²) in [5.74, 6) is -3.21. The van der Waals surface area contributed by atoms with Gasteiger partial charge >= 0.3 is 11.9 Å². The minimum absolute atomic E-state index is 0.0338. The van der Waals surface area contributed by atoms with Crippen molar-refractivity contribution in [1.29, 1.82) is 0 Å². The predicted octanol–water partition coefficient (Wildman–Crippen LogP) is -0.402. The van der Waals surface area contributed by atoms with Gasteiger partial charge in [-0.1, -0.05) is 0 Å². The molecular weight excluding hydrogens is 230 g/mol. The molecule has 1 fully saturated rings. The SMILES string of the molecule is CC1CCC(C(=O)N[C@H](CC(=O)O)C(=O)O)O1. The second-order valence-electron chi connectivity index (χ2n) is 4.01. The van der Waals surface area contributed by atoms with Crippen LogP contribution in [0.1, 0.15) is 26.2 Å². The molecule has 0 aliphatic carbocycles. The maximum Gasteiger partial charge on any atom is 0.326 e. The predicted molar refractivity (Wildman–Crippen MR) is 55.4 cm³/mol. The molecule has 3 N–H and O–H groups in total. The summed E-state index contributed by atoms with van der Waals surface area (Å²) in [6.07, 6.45) is -0.112. The zero-order valence-electron chi connectivity index (χ0n) is 9.38. The average molecular weight is 245 g/mol. The van der Waals surface area contributed by atoms with Crippen LogP contribution >= 0.6 is 0 Å². The molecule has 17 heavy (non-hydrogen) atoms. The highest BCUT2D eigenvalue weighted by Crippen LogP contribution is 2.19. The summed E-state index contributed by atoms with van der Waals surface area (Å²) in [5.41, 5.74) is 0. The molecule has 7 heteroatoms. The molecule has 1 amide bonds. The number of hydrogen-bond acceptors (Lipinski definition) is 4. The van der Waals surface area contributed by atoms with Gasteiger partial charge in [0.15, 0.2) is 0 Å². The van der Waals surface area contributed by atoms with Gasteiger partial charge in [0.25, 0.3) is 0 Å². The van der Waals surface area contributed by atoms with E-state index in [0.717, 1.165) is 6.42 Å². The van der Waals surface area contributed by atoms with E-state index in [9.17, 15) is 14.4 Å². The van der Waals surface area contributed by atoms with Gasteiger partial charge in [-0.25, -0.2) is 4.79 Å². The van der Waals surface area contributed by atoms with Crippen LogP contribution in [0.25, 0.3) is 0 Å². The number of carboxylic acid groups (broad SMARTS) is 2. The third kappa shape index (κ3) is 4.03. The molecule has 0 saturated carbocycles. The lowest BCUT2D eigenvalue weighted by molar-refractivity contribution is -0.148. The highest BCUT2D eigenvalue weighted by molar-refractivity contribution is 5.88. The van der Waals surface area contributed by atoms with Crippen LogP contribution in [0.2, 0.25) is 0 Å². The fourth-order valence-electron chi connectivity index (χ4n) is 1.63. The minimum atomic E-state index is -1.42. The van der Waals surface area contributed by atoms with Crippen molar-refractivity contribution in [2.75, 3.05) is 0 Å². The van der Waals surface area contributed by atoms with Gasteiger partial charge in [-0.05, 0) is 19.8 Å². The molecule has 0 aromatic rings. The Balaban J connectivity index is 2.52. The van der Waals surface area contributed by atoms with Crippen LogP contribution < -0.4 is 5.32 Å². The molecule has 7 nitrogen and oxygen atoms in total. The van der Waals surface area contributed by atoms with Crippen molar-refractivity contribution in [3.63, 3.8) is 0 Å². The van der Waals surface area contributed by atoms with Crippen molar-refractivity contribution >= 4 is 17.8 Å². The zero-order chi connectivity index (χ0) is 13.0. The van der Waals surface area contributed by atoms with Crippen molar-refractivity contribution in [3.05, 3.63) is 0 Å². The van der Waals surface area contributed by atoms with Gasteiger partial charge in [0.05, 0.1) is 12.5 Å². The number of carbonyl (C=O) groups excluding carboxylic acids is 1. The highest BCUT2D eigenvalue weighted by atomic mass is 16.5. The van der Waals surface area contributed by atoms with E-state index in [1.807, 2.05) is 6.92 Å². The molecule has 0 bridgehead atoms. The van der Waals surface area contributed by atoms with Gasteiger partial charge in [-0.15, -0.1) is 0 Å². The topological polar surface area (TPSA) is 113 Å². The lowest BCUT2D eigenvalue weighted by atomic mass is 10.1. The Bertz CT molecular complexity index is 329. The lowest BCUT2D eigenvalue weighted by Gasteiger charge is -2.16. The molecule has 1 rings (SSSR count). The summed E-state index contributed by atoms with van der Waals surface area (Å²) in [7, 11) is 0. The van der Waals surface area contributed by atoms with Crippen molar-refractivity contribution in [3.8, 4) is 0 Å². The highest BCUT2D eigenvalue weighted by Gasteiger charge is 2.31. The van der Waals surface area contributed by atoms with Crippen LogP contribution in [0.15, 0.2) is 0 Å². The number of hydrogen-bond donors (Lipinski definition) is 3. The van der Waals surface area contributed by atoms with Gasteiger partial charge in [0.1, 0.15) is 12.1 Å². The third-order valence-corrected chi connectivity index (χ3v) is 2.52. The number of nitrogens with one attached hydrogen (secondary N) is 1. The second-order valence-corrected chi connectivity index (χ2v) is 4.01. The van der Waals surface area contributed by atoms with E-state index in [2.05, 4.69) is 5.32 Å². The fourth-order valence-corrected chi connectivity index (χ4v) is 1.63. The van der Waals surface area contributed by atoms with E-state index in [1.54, 1.807) is 0 Å². The lowest BCUT2D eigenvalue weighted by Crippen LogP contribution is -2.46. The Morgan fingerprint density at radius 3 is 2.41 bits per heavy atom. The van der Waals surface area contributed by atoms with E-state index >= 15 is 0 Å². The maximum absolute atomic E-state index is 11.6. The molecule has 0 radical (unpaired) electrons. The Morgan fingerprint density at radius 2 is 2.00 bits per heavy atom. The van der Waals surface area contributed by atoms with Gasteiger partial charge in [-0.2, -0.15) is 0 Å². The van der Waals surface area contributed by atoms with Crippen molar-refractivity contribution in [2.45, 2.75) is 44.4 Å². The van der Waals surface area contributed by atoms with Crippen molar-refractivity contribution < 1.29 is 29.3 Å². The number of aliphatic carboxylic acids is 2. The summed E-state index contributed by atoms with van der Waals surface area (Å²) in [5, 5.41) is 19.4. The van der Waals surface area contributed by atoms with Crippen molar-refractivity contribution in [2.24, 2.45) is 0 Å². The average Bonchev–Trinajstić information content (AvgIpc) is 2.63. The maximum atomic E-state index is 11.6. The first-order chi connectivity index (χ1) is 7.90. The fraction of sp³-hybridized carbons (Fsp3) is 0.700. The zero-order valence-corrected chi connectivity index (χ0v) is 9.38. The summed E-state index contributed by atoms with van der Waals surface area (Å²) in [6, 6.07) is -1.42. The van der Waals surface area contributed by atoms with Gasteiger partial charge in [0, 0.05) is 0 Å². The van der Waals surface area contributed by atoms with Gasteiger partial charge in [-0.3, -0.25) is 9.59 Å². The van der Waals surface area contributed by atoms with Crippen molar-refractivity contribution in [1.82, 2.24) is 5.32 Å². The van der Waals surface area contributed by atoms with Crippen LogP contribution in [-0.4, -0.2) is 46.3 Å². The molecule has 1 saturated heterocycles. The Hall–Kier alpha value is -1.63. The number of carbonyl (C=O) groups is 3. The largest absolute Gasteiger partial charge is 0.481 e. The smallest absolute Gasteiger partial charge is 0.326 e. The summed E-state index contributed by atoms with van der Waals surface area (Å²) in [4.78, 5) is 32.7. The minimum Gasteiger partial charge on any atom is -0.481 e. The van der Waals surface area contributed by atoms with Crippen LogP contribution in [-0.2, 0) is 19.1 Å². The van der Waals surface area contributed by atoms with E-state index in [0.29, 0.717) is 6.42 Å². The normalized spacial score (nSPS) is 25.2. The second kappa shape index (κ2) is 5.62. The molecule has 0 aromatic carbocycles. The molecule has 2 unspecified atom stereocenters. The third-order valence-electron chi connectivity index (χ3n) is 2.52. The first-order valence-electron chi connectivity index (χ1n) is 5.30. The molecular formula is C10H15NO6. The molecule has 0 aromatic heterocycles. The Labute approximate surface area is 97.8 Å². The van der Waals surface area contributed by atoms with Gasteiger partial charge in [0.2, 0.25) is 5.91 Å². The van der Waals surface area contributed by atoms with Crippen LogP contribution in [0.3, 0.4) is 0 Å². The number of carboxylic acids is 2. The van der Waals surface area contributed by atoms with E-state index in [1.165, 1.54) is 0 Å². The quantitative estimate of drug-likeness (QED) is 0.607. The Kier molecular flexibility index (Phi) is 4.45. The van der Waals surface area contributed by atoms with E-state index < -0.39 is 36.4 Å². The molecule has 96 valence electrons. The molecule has 1 aliphatic heterocycles. The first kappa shape index (κ1) is 13.4. The summed E-state index contributed by atoms with van der Waals surface area (Å²) >= 11 is 0. The van der Waals surface area contributed by atoms with Gasteiger partial charge < -0.3 is 20.3 Å².